The summed E-state index contributed by atoms with van der Waals surface area (Å²) in [6, 6.07) is 28.1. The zero-order valence-corrected chi connectivity index (χ0v) is 43.8. The number of aryl methyl sites for hydroxylation is 3. The number of hydrogen-bond donors (Lipinski definition) is 2. The molecule has 1 aliphatic rings. The smallest absolute Gasteiger partial charge is 0.339 e. The number of hydrogen-bond acceptors (Lipinski definition) is 14. The van der Waals surface area contributed by atoms with Crippen molar-refractivity contribution in [2.24, 2.45) is 21.1 Å². The molecule has 0 saturated carbocycles. The predicted octanol–water partition coefficient (Wildman–Crippen LogP) is 8.59. The van der Waals surface area contributed by atoms with Crippen LogP contribution in [0.15, 0.2) is 132 Å². The van der Waals surface area contributed by atoms with E-state index in [9.17, 15) is 39.6 Å². The van der Waals surface area contributed by atoms with Crippen LogP contribution in [0.25, 0.3) is 32.7 Å². The summed E-state index contributed by atoms with van der Waals surface area (Å²) in [6.45, 7) is 10.1. The van der Waals surface area contributed by atoms with Crippen molar-refractivity contribution in [3.8, 4) is 5.75 Å². The predicted molar refractivity (Wildman–Crippen MR) is 285 cm³/mol. The van der Waals surface area contributed by atoms with Crippen LogP contribution in [-0.2, 0) is 56.7 Å². The summed E-state index contributed by atoms with van der Waals surface area (Å²) in [5.41, 5.74) is 4.70. The van der Waals surface area contributed by atoms with Gasteiger partial charge in [0.2, 0.25) is 10.0 Å². The summed E-state index contributed by atoms with van der Waals surface area (Å²) in [7, 11) is -5.98. The average Bonchev–Trinajstić information content (AvgIpc) is 3.88. The SMILES string of the molecule is C.CCNS(=O)(=O)c1ccc2c(c1)c(=O)sn2C.Cn1sc(=O)c2cc(S(=O)(=O)Nc3ccccc3N3CCCCC3)ccc21.Cn1sc(=O)c2cc(S(=O)(=O)Oc3ccc(C(C)(C)C)cc3)ccc21. The standard InChI is InChI=1S/C19H21N3O3S2.C18H19NO4S2.C10H12N2O3S2.CH4/c1-21-17-10-9-14(13-15(17)19(23)26-21)27(24,25)20-16-7-3-4-8-18(16)22-11-5-2-6-12-22;1-18(2,3)12-5-7-13(8-6-12)23-25(21,22)14-9-10-16-15(11-14)17(20)24-19(16)4;1-3-11-17(14,15)7-4-5-9-8(6-7)10(13)16-12(9)2;/h3-4,7-10,13,20H,2,5-6,11-12H2,1H3;5-11H,1-4H3;4-6,11H,3H2,1-2H3;1H4. The Hall–Kier alpha value is -5.62. The maximum absolute atomic E-state index is 13.0. The van der Waals surface area contributed by atoms with Crippen molar-refractivity contribution in [2.45, 2.75) is 74.5 Å². The lowest BCUT2D eigenvalue weighted by Gasteiger charge is -2.30. The molecule has 5 aromatic carbocycles. The number of benzene rings is 5. The molecule has 16 nitrogen and oxygen atoms in total. The quantitative estimate of drug-likeness (QED) is 0.124. The highest BCUT2D eigenvalue weighted by atomic mass is 32.2. The molecule has 0 radical (unpaired) electrons. The number of piperidine rings is 1. The van der Waals surface area contributed by atoms with Crippen molar-refractivity contribution in [3.05, 3.63) is 137 Å². The molecule has 374 valence electrons. The third kappa shape index (κ3) is 11.9. The molecule has 70 heavy (non-hydrogen) atoms. The van der Waals surface area contributed by atoms with Crippen LogP contribution in [0.1, 0.15) is 59.9 Å². The van der Waals surface area contributed by atoms with E-state index in [1.165, 1.54) is 36.8 Å². The van der Waals surface area contributed by atoms with E-state index >= 15 is 0 Å². The van der Waals surface area contributed by atoms with Gasteiger partial charge in [0.05, 0.1) is 53.9 Å². The molecule has 2 N–H and O–H groups in total. The Balaban J connectivity index is 0.000000175. The minimum Gasteiger partial charge on any atom is -0.379 e. The van der Waals surface area contributed by atoms with Gasteiger partial charge in [-0.2, -0.15) is 8.42 Å². The number of sulfonamides is 2. The first-order chi connectivity index (χ1) is 32.5. The number of nitrogens with one attached hydrogen (secondary N) is 2. The van der Waals surface area contributed by atoms with E-state index in [2.05, 4.69) is 35.1 Å². The molecule has 22 heteroatoms. The third-order valence-corrected chi connectivity index (χ3v) is 18.0. The van der Waals surface area contributed by atoms with E-state index < -0.39 is 30.2 Å². The summed E-state index contributed by atoms with van der Waals surface area (Å²) in [4.78, 5) is 38.0. The van der Waals surface area contributed by atoms with Crippen molar-refractivity contribution in [1.82, 2.24) is 16.6 Å². The Morgan fingerprint density at radius 3 is 1.50 bits per heavy atom. The van der Waals surface area contributed by atoms with Crippen LogP contribution in [0.5, 0.6) is 5.75 Å². The van der Waals surface area contributed by atoms with Crippen LogP contribution >= 0.6 is 34.6 Å². The molecule has 1 aliphatic heterocycles. The lowest BCUT2D eigenvalue weighted by atomic mass is 9.87. The van der Waals surface area contributed by atoms with Gasteiger partial charge in [0.1, 0.15) is 10.6 Å². The first-order valence-corrected chi connectivity index (χ1v) is 28.4. The molecule has 1 fully saturated rings. The molecule has 0 atom stereocenters. The van der Waals surface area contributed by atoms with E-state index in [0.29, 0.717) is 33.9 Å². The monoisotopic (exact) mass is 1070 g/mol. The van der Waals surface area contributed by atoms with Crippen LogP contribution < -0.4 is 32.8 Å². The highest BCUT2D eigenvalue weighted by Crippen LogP contribution is 2.31. The number of rotatable bonds is 10. The van der Waals surface area contributed by atoms with E-state index in [-0.39, 0.29) is 47.5 Å². The van der Waals surface area contributed by atoms with Crippen molar-refractivity contribution in [2.75, 3.05) is 29.3 Å². The largest absolute Gasteiger partial charge is 0.379 e. The Kier molecular flexibility index (Phi) is 16.4. The molecule has 0 aliphatic carbocycles. The Bertz CT molecular complexity index is 3710. The fourth-order valence-corrected chi connectivity index (χ4v) is 13.1. The first-order valence-electron chi connectivity index (χ1n) is 21.7. The summed E-state index contributed by atoms with van der Waals surface area (Å²) >= 11 is 3.16. The molecular formula is C48H56N6O10S6. The van der Waals surface area contributed by atoms with Crippen LogP contribution in [0.2, 0.25) is 0 Å². The van der Waals surface area contributed by atoms with Crippen molar-refractivity contribution in [3.63, 3.8) is 0 Å². The lowest BCUT2D eigenvalue weighted by Crippen LogP contribution is -2.30. The van der Waals surface area contributed by atoms with Gasteiger partial charge in [0, 0.05) is 40.8 Å². The van der Waals surface area contributed by atoms with E-state index in [1.54, 1.807) is 82.4 Å². The first kappa shape index (κ1) is 53.7. The fourth-order valence-electron chi connectivity index (χ4n) is 7.65. The summed E-state index contributed by atoms with van der Waals surface area (Å²) in [6.07, 6.45) is 3.43. The normalized spacial score (nSPS) is 13.3. The maximum atomic E-state index is 13.0. The fraction of sp³-hybridized carbons (Fsp3) is 0.312. The maximum Gasteiger partial charge on any atom is 0.339 e. The molecule has 9 rings (SSSR count). The molecule has 1 saturated heterocycles. The summed E-state index contributed by atoms with van der Waals surface area (Å²) in [5.74, 6) is 0.242. The van der Waals surface area contributed by atoms with Crippen molar-refractivity contribution < 1.29 is 29.4 Å². The molecular weight excluding hydrogens is 1010 g/mol. The average molecular weight is 1070 g/mol. The highest BCUT2D eigenvalue weighted by molar-refractivity contribution is 7.92. The van der Waals surface area contributed by atoms with Gasteiger partial charge in [0.15, 0.2) is 0 Å². The molecule has 8 aromatic rings. The van der Waals surface area contributed by atoms with Gasteiger partial charge >= 0.3 is 10.1 Å². The van der Waals surface area contributed by atoms with Gasteiger partial charge in [-0.25, -0.2) is 21.6 Å². The molecule has 0 bridgehead atoms. The Morgan fingerprint density at radius 1 is 0.586 bits per heavy atom. The van der Waals surface area contributed by atoms with Crippen LogP contribution in [-0.4, -0.2) is 56.8 Å². The molecule has 0 unspecified atom stereocenters. The second kappa shape index (κ2) is 21.4. The topological polar surface area (TPSA) is 205 Å². The highest BCUT2D eigenvalue weighted by Gasteiger charge is 2.23. The lowest BCUT2D eigenvalue weighted by molar-refractivity contribution is 0.485. The van der Waals surface area contributed by atoms with Gasteiger partial charge in [-0.1, -0.05) is 59.4 Å². The third-order valence-electron chi connectivity index (χ3n) is 11.3. The van der Waals surface area contributed by atoms with E-state index in [4.69, 9.17) is 4.18 Å². The second-order valence-electron chi connectivity index (χ2n) is 17.1. The second-order valence-corrected chi connectivity index (χ2v) is 25.4. The van der Waals surface area contributed by atoms with Gasteiger partial charge in [0.25, 0.3) is 24.3 Å². The summed E-state index contributed by atoms with van der Waals surface area (Å²) < 4.78 is 89.6. The van der Waals surface area contributed by atoms with E-state index in [1.807, 2.05) is 30.3 Å². The number of anilines is 2. The summed E-state index contributed by atoms with van der Waals surface area (Å²) in [5, 5.41) is 1.24. The van der Waals surface area contributed by atoms with Crippen LogP contribution in [0.3, 0.4) is 0 Å². The number of fused-ring (bicyclic) bond motifs is 3. The van der Waals surface area contributed by atoms with E-state index in [0.717, 1.165) is 82.8 Å². The molecule has 3 aromatic heterocycles. The molecule has 0 amide bonds. The van der Waals surface area contributed by atoms with Gasteiger partial charge < -0.3 is 9.08 Å². The Labute approximate surface area is 420 Å². The van der Waals surface area contributed by atoms with Crippen LogP contribution in [0.4, 0.5) is 11.4 Å². The van der Waals surface area contributed by atoms with Gasteiger partial charge in [-0.15, -0.1) is 0 Å². The minimum absolute atomic E-state index is 0. The van der Waals surface area contributed by atoms with Crippen LogP contribution in [0, 0.1) is 0 Å². The van der Waals surface area contributed by atoms with Gasteiger partial charge in [-0.3, -0.25) is 31.0 Å². The van der Waals surface area contributed by atoms with Gasteiger partial charge in [-0.05, 0) is 144 Å². The number of aromatic nitrogens is 3. The zero-order chi connectivity index (χ0) is 50.1. The number of nitrogens with zero attached hydrogens (tertiary/aromatic N) is 4. The Morgan fingerprint density at radius 2 is 1.03 bits per heavy atom. The molecule has 0 spiro atoms. The number of para-hydroxylation sites is 2. The minimum atomic E-state index is -4.00. The molecule has 4 heterocycles. The zero-order valence-electron chi connectivity index (χ0n) is 38.9. The van der Waals surface area contributed by atoms with Crippen molar-refractivity contribution >= 4 is 109 Å². The van der Waals surface area contributed by atoms with Crippen molar-refractivity contribution in [1.29, 1.82) is 0 Å².